The van der Waals surface area contributed by atoms with Gasteiger partial charge in [-0.25, -0.2) is 4.68 Å². The van der Waals surface area contributed by atoms with Crippen molar-refractivity contribution in [1.82, 2.24) is 15.1 Å². The van der Waals surface area contributed by atoms with Gasteiger partial charge in [0.2, 0.25) is 5.91 Å². The number of amides is 1. The largest absolute Gasteiger partial charge is 0.354 e. The van der Waals surface area contributed by atoms with E-state index in [4.69, 9.17) is 0 Å². The van der Waals surface area contributed by atoms with Crippen LogP contribution in [0.2, 0.25) is 0 Å². The first-order chi connectivity index (χ1) is 11.5. The van der Waals surface area contributed by atoms with Crippen LogP contribution in [0.25, 0.3) is 10.8 Å². The second kappa shape index (κ2) is 7.05. The summed E-state index contributed by atoms with van der Waals surface area (Å²) in [5.74, 6) is 0.605. The molecule has 1 saturated carbocycles. The molecule has 2 aromatic rings. The third-order valence-electron chi connectivity index (χ3n) is 4.60. The number of benzene rings is 1. The summed E-state index contributed by atoms with van der Waals surface area (Å²) >= 11 is 3.44. The molecule has 5 nitrogen and oxygen atoms in total. The van der Waals surface area contributed by atoms with Crippen LogP contribution >= 0.6 is 15.9 Å². The smallest absolute Gasteiger partial charge is 0.275 e. The van der Waals surface area contributed by atoms with Crippen molar-refractivity contribution in [2.45, 2.75) is 45.6 Å². The van der Waals surface area contributed by atoms with Gasteiger partial charge >= 0.3 is 0 Å². The molecule has 1 aromatic carbocycles. The molecule has 1 N–H and O–H groups in total. The van der Waals surface area contributed by atoms with Gasteiger partial charge in [-0.15, -0.1) is 0 Å². The molecule has 1 amide bonds. The highest BCUT2D eigenvalue weighted by molar-refractivity contribution is 9.10. The van der Waals surface area contributed by atoms with Gasteiger partial charge in [0.25, 0.3) is 5.56 Å². The topological polar surface area (TPSA) is 64.0 Å². The molecule has 0 saturated heterocycles. The van der Waals surface area contributed by atoms with E-state index in [0.29, 0.717) is 17.8 Å². The first kappa shape index (κ1) is 17.1. The molecular weight excluding hydrogens is 370 g/mol. The van der Waals surface area contributed by atoms with Crippen LogP contribution in [0.1, 0.15) is 44.7 Å². The zero-order valence-corrected chi connectivity index (χ0v) is 15.6. The molecule has 0 atom stereocenters. The van der Waals surface area contributed by atoms with E-state index in [9.17, 15) is 9.59 Å². The van der Waals surface area contributed by atoms with Crippen molar-refractivity contribution < 1.29 is 4.79 Å². The van der Waals surface area contributed by atoms with Gasteiger partial charge in [0.15, 0.2) is 0 Å². The Kier molecular flexibility index (Phi) is 5.04. The fourth-order valence-corrected chi connectivity index (χ4v) is 3.32. The van der Waals surface area contributed by atoms with Crippen molar-refractivity contribution in [2.75, 3.05) is 6.54 Å². The van der Waals surface area contributed by atoms with Gasteiger partial charge < -0.3 is 5.32 Å². The predicted molar refractivity (Wildman–Crippen MR) is 98.1 cm³/mol. The highest BCUT2D eigenvalue weighted by atomic mass is 79.9. The molecular formula is C18H22BrN3O2. The molecule has 1 fully saturated rings. The minimum absolute atomic E-state index is 0.0305. The Bertz CT molecular complexity index is 825. The molecule has 0 spiro atoms. The third kappa shape index (κ3) is 3.53. The monoisotopic (exact) mass is 391 g/mol. The molecule has 0 aliphatic heterocycles. The zero-order valence-electron chi connectivity index (χ0n) is 14.0. The maximum Gasteiger partial charge on any atom is 0.275 e. The third-order valence-corrected chi connectivity index (χ3v) is 5.10. The van der Waals surface area contributed by atoms with Crippen molar-refractivity contribution in [3.63, 3.8) is 0 Å². The minimum atomic E-state index is -0.222. The lowest BCUT2D eigenvalue weighted by Gasteiger charge is -2.25. The molecule has 1 aromatic heterocycles. The van der Waals surface area contributed by atoms with Crippen molar-refractivity contribution >= 4 is 32.6 Å². The summed E-state index contributed by atoms with van der Waals surface area (Å²) in [6, 6.07) is 5.55. The SMILES string of the molecule is CC(C)c1nn(CC(=O)NCC2CCC2)c(=O)c2ccc(Br)cc12. The molecule has 1 heterocycles. The number of hydrogen-bond acceptors (Lipinski definition) is 3. The van der Waals surface area contributed by atoms with Crippen LogP contribution in [0.5, 0.6) is 0 Å². The summed E-state index contributed by atoms with van der Waals surface area (Å²) in [7, 11) is 0. The Labute approximate surface area is 149 Å². The van der Waals surface area contributed by atoms with Gasteiger partial charge in [0, 0.05) is 16.4 Å². The molecule has 24 heavy (non-hydrogen) atoms. The van der Waals surface area contributed by atoms with Gasteiger partial charge in [0.1, 0.15) is 6.54 Å². The standard InChI is InChI=1S/C18H22BrN3O2/c1-11(2)17-15-8-13(19)6-7-14(15)18(24)22(21-17)10-16(23)20-9-12-4-3-5-12/h6-8,11-12H,3-5,9-10H2,1-2H3,(H,20,23). The first-order valence-electron chi connectivity index (χ1n) is 8.42. The zero-order chi connectivity index (χ0) is 17.3. The summed E-state index contributed by atoms with van der Waals surface area (Å²) in [5, 5.41) is 8.83. The summed E-state index contributed by atoms with van der Waals surface area (Å²) in [6.45, 7) is 4.74. The Balaban J connectivity index is 1.89. The van der Waals surface area contributed by atoms with E-state index in [0.717, 1.165) is 15.6 Å². The Hall–Kier alpha value is -1.69. The first-order valence-corrected chi connectivity index (χ1v) is 9.22. The molecule has 6 heteroatoms. The van der Waals surface area contributed by atoms with Crippen molar-refractivity contribution in [1.29, 1.82) is 0 Å². The summed E-state index contributed by atoms with van der Waals surface area (Å²) < 4.78 is 2.20. The van der Waals surface area contributed by atoms with Crippen LogP contribution in [0.4, 0.5) is 0 Å². The van der Waals surface area contributed by atoms with Gasteiger partial charge in [-0.3, -0.25) is 9.59 Å². The van der Waals surface area contributed by atoms with Crippen LogP contribution in [-0.2, 0) is 11.3 Å². The number of rotatable bonds is 5. The van der Waals surface area contributed by atoms with E-state index < -0.39 is 0 Å². The van der Waals surface area contributed by atoms with E-state index in [1.807, 2.05) is 26.0 Å². The summed E-state index contributed by atoms with van der Waals surface area (Å²) in [4.78, 5) is 24.8. The summed E-state index contributed by atoms with van der Waals surface area (Å²) in [5.41, 5.74) is 0.610. The number of nitrogens with zero attached hydrogens (tertiary/aromatic N) is 2. The number of hydrogen-bond donors (Lipinski definition) is 1. The van der Waals surface area contributed by atoms with Gasteiger partial charge in [0.05, 0.1) is 11.1 Å². The molecule has 1 aliphatic carbocycles. The Morgan fingerprint density at radius 3 is 2.75 bits per heavy atom. The maximum absolute atomic E-state index is 12.7. The maximum atomic E-state index is 12.7. The van der Waals surface area contributed by atoms with Crippen LogP contribution in [0, 0.1) is 5.92 Å². The molecule has 128 valence electrons. The Morgan fingerprint density at radius 1 is 1.38 bits per heavy atom. The van der Waals surface area contributed by atoms with Crippen molar-refractivity contribution in [3.05, 3.63) is 38.7 Å². The fraction of sp³-hybridized carbons (Fsp3) is 0.500. The van der Waals surface area contributed by atoms with Gasteiger partial charge in [-0.1, -0.05) is 36.2 Å². The van der Waals surface area contributed by atoms with E-state index in [2.05, 4.69) is 26.3 Å². The lowest BCUT2D eigenvalue weighted by atomic mass is 9.85. The number of aromatic nitrogens is 2. The average Bonchev–Trinajstić information content (AvgIpc) is 2.48. The second-order valence-electron chi connectivity index (χ2n) is 6.79. The summed E-state index contributed by atoms with van der Waals surface area (Å²) in [6.07, 6.45) is 3.61. The number of carbonyl (C=O) groups excluding carboxylic acids is 1. The average molecular weight is 392 g/mol. The Morgan fingerprint density at radius 2 is 2.12 bits per heavy atom. The van der Waals surface area contributed by atoms with Crippen LogP contribution < -0.4 is 10.9 Å². The van der Waals surface area contributed by atoms with Gasteiger partial charge in [-0.2, -0.15) is 5.10 Å². The number of nitrogens with one attached hydrogen (secondary N) is 1. The van der Waals surface area contributed by atoms with E-state index in [1.165, 1.54) is 23.9 Å². The van der Waals surface area contributed by atoms with E-state index >= 15 is 0 Å². The van der Waals surface area contributed by atoms with Crippen molar-refractivity contribution in [2.24, 2.45) is 5.92 Å². The second-order valence-corrected chi connectivity index (χ2v) is 7.71. The van der Waals surface area contributed by atoms with Gasteiger partial charge in [-0.05, 0) is 42.9 Å². The van der Waals surface area contributed by atoms with Crippen LogP contribution in [0.3, 0.4) is 0 Å². The molecule has 3 rings (SSSR count). The van der Waals surface area contributed by atoms with E-state index in [-0.39, 0.29) is 23.9 Å². The number of carbonyl (C=O) groups is 1. The molecule has 0 unspecified atom stereocenters. The molecule has 0 bridgehead atoms. The van der Waals surface area contributed by atoms with E-state index in [1.54, 1.807) is 6.07 Å². The molecule has 1 aliphatic rings. The van der Waals surface area contributed by atoms with Crippen molar-refractivity contribution in [3.8, 4) is 0 Å². The van der Waals surface area contributed by atoms with Crippen LogP contribution in [0.15, 0.2) is 27.5 Å². The highest BCUT2D eigenvalue weighted by Gasteiger charge is 2.19. The lowest BCUT2D eigenvalue weighted by Crippen LogP contribution is -2.37. The number of halogens is 1. The minimum Gasteiger partial charge on any atom is -0.354 e. The highest BCUT2D eigenvalue weighted by Crippen LogP contribution is 2.25. The lowest BCUT2D eigenvalue weighted by molar-refractivity contribution is -0.122. The predicted octanol–water partition coefficient (Wildman–Crippen LogP) is 3.20. The number of fused-ring (bicyclic) bond motifs is 1. The quantitative estimate of drug-likeness (QED) is 0.850. The normalized spacial score (nSPS) is 14.8. The molecule has 0 radical (unpaired) electrons. The fourth-order valence-electron chi connectivity index (χ4n) is 2.96. The van der Waals surface area contributed by atoms with Crippen LogP contribution in [-0.4, -0.2) is 22.2 Å².